The highest BCUT2D eigenvalue weighted by atomic mass is 35.5. The Kier molecular flexibility index (Phi) is 5.27. The van der Waals surface area contributed by atoms with Crippen molar-refractivity contribution in [3.05, 3.63) is 88.2 Å². The topological polar surface area (TPSA) is 84.1 Å². The molecule has 3 aromatic carbocycles. The highest BCUT2D eigenvalue weighted by molar-refractivity contribution is 6.35. The lowest BCUT2D eigenvalue weighted by Gasteiger charge is -2.11. The zero-order valence-corrected chi connectivity index (χ0v) is 15.9. The van der Waals surface area contributed by atoms with Gasteiger partial charge in [0.05, 0.1) is 5.69 Å². The number of fused-ring (bicyclic) bond motifs is 1. The van der Waals surface area contributed by atoms with Gasteiger partial charge in [0.2, 0.25) is 0 Å². The van der Waals surface area contributed by atoms with Crippen LogP contribution in [0.15, 0.2) is 77.6 Å². The van der Waals surface area contributed by atoms with Crippen LogP contribution in [0.4, 0.5) is 5.69 Å². The van der Waals surface area contributed by atoms with Crippen molar-refractivity contribution in [2.45, 2.75) is 0 Å². The Morgan fingerprint density at radius 3 is 2.62 bits per heavy atom. The third-order valence-electron chi connectivity index (χ3n) is 4.31. The number of hydrogen-bond acceptors (Lipinski definition) is 4. The molecule has 29 heavy (non-hydrogen) atoms. The van der Waals surface area contributed by atoms with Gasteiger partial charge in [-0.05, 0) is 30.3 Å². The van der Waals surface area contributed by atoms with Crippen LogP contribution >= 0.6 is 11.6 Å². The smallest absolute Gasteiger partial charge is 0.264 e. The van der Waals surface area contributed by atoms with Gasteiger partial charge in [-0.2, -0.15) is 5.10 Å². The third kappa shape index (κ3) is 4.28. The number of hydrogen-bond donors (Lipinski definition) is 2. The molecule has 0 aliphatic rings. The number of anilines is 1. The van der Waals surface area contributed by atoms with Crippen LogP contribution in [0.25, 0.3) is 22.0 Å². The van der Waals surface area contributed by atoms with Gasteiger partial charge in [0.1, 0.15) is 5.75 Å². The van der Waals surface area contributed by atoms with E-state index in [2.05, 4.69) is 15.5 Å². The second kappa shape index (κ2) is 8.16. The van der Waals surface area contributed by atoms with E-state index in [1.807, 2.05) is 30.3 Å². The lowest BCUT2D eigenvalue weighted by Crippen LogP contribution is -2.20. The predicted octanol–water partition coefficient (Wildman–Crippen LogP) is 4.26. The lowest BCUT2D eigenvalue weighted by atomic mass is 10.1. The third-order valence-corrected chi connectivity index (χ3v) is 4.64. The molecule has 0 saturated heterocycles. The number of nitrogens with one attached hydrogen (secondary N) is 2. The number of halogens is 1. The van der Waals surface area contributed by atoms with Crippen molar-refractivity contribution in [3.63, 3.8) is 0 Å². The maximum absolute atomic E-state index is 12.4. The Morgan fingerprint density at radius 1 is 1.00 bits per heavy atom. The fraction of sp³-hybridized carbons (Fsp3) is 0.0455. The molecule has 144 valence electrons. The SMILES string of the molecule is O=C(COc1ccc(Cl)c2ccccc12)Nc1cccc(-c2ccc(=O)[nH]n2)c1. The fourth-order valence-electron chi connectivity index (χ4n) is 2.96. The van der Waals surface area contributed by atoms with E-state index in [0.29, 0.717) is 22.2 Å². The zero-order chi connectivity index (χ0) is 20.2. The second-order valence-corrected chi connectivity index (χ2v) is 6.72. The first kappa shape index (κ1) is 18.7. The van der Waals surface area contributed by atoms with Crippen LogP contribution < -0.4 is 15.6 Å². The summed E-state index contributed by atoms with van der Waals surface area (Å²) >= 11 is 6.21. The number of nitrogens with zero attached hydrogens (tertiary/aromatic N) is 1. The number of benzene rings is 3. The van der Waals surface area contributed by atoms with E-state index in [-0.39, 0.29) is 18.1 Å². The van der Waals surface area contributed by atoms with Gasteiger partial charge < -0.3 is 10.1 Å². The molecule has 0 unspecified atom stereocenters. The number of H-pyrrole nitrogens is 1. The molecule has 0 atom stereocenters. The van der Waals surface area contributed by atoms with Crippen molar-refractivity contribution in [3.8, 4) is 17.0 Å². The molecule has 0 spiro atoms. The Morgan fingerprint density at radius 2 is 1.83 bits per heavy atom. The Bertz CT molecular complexity index is 1230. The molecule has 4 aromatic rings. The van der Waals surface area contributed by atoms with Crippen molar-refractivity contribution in [1.29, 1.82) is 0 Å². The van der Waals surface area contributed by atoms with Gasteiger partial charge in [0.15, 0.2) is 6.61 Å². The summed E-state index contributed by atoms with van der Waals surface area (Å²) in [6, 6.07) is 21.3. The molecule has 1 heterocycles. The Balaban J connectivity index is 1.46. The second-order valence-electron chi connectivity index (χ2n) is 6.32. The van der Waals surface area contributed by atoms with Crippen LogP contribution in [0, 0.1) is 0 Å². The first-order valence-electron chi connectivity index (χ1n) is 8.86. The number of carbonyl (C=O) groups is 1. The van der Waals surface area contributed by atoms with Crippen LogP contribution in [0.1, 0.15) is 0 Å². The summed E-state index contributed by atoms with van der Waals surface area (Å²) in [5.74, 6) is 0.293. The Hall–Kier alpha value is -3.64. The van der Waals surface area contributed by atoms with Crippen molar-refractivity contribution in [2.75, 3.05) is 11.9 Å². The summed E-state index contributed by atoms with van der Waals surface area (Å²) in [5, 5.41) is 11.5. The molecule has 4 rings (SSSR count). The van der Waals surface area contributed by atoms with Crippen LogP contribution in [-0.2, 0) is 4.79 Å². The van der Waals surface area contributed by atoms with Crippen LogP contribution in [0.5, 0.6) is 5.75 Å². The van der Waals surface area contributed by atoms with Gasteiger partial charge in [-0.3, -0.25) is 9.59 Å². The van der Waals surface area contributed by atoms with E-state index in [1.54, 1.807) is 36.4 Å². The number of carbonyl (C=O) groups excluding carboxylic acids is 1. The molecule has 0 fully saturated rings. The average molecular weight is 406 g/mol. The molecular formula is C22H16ClN3O3. The average Bonchev–Trinajstić information content (AvgIpc) is 2.74. The van der Waals surface area contributed by atoms with Gasteiger partial charge >= 0.3 is 0 Å². The number of aromatic amines is 1. The summed E-state index contributed by atoms with van der Waals surface area (Å²) in [6.07, 6.45) is 0. The molecule has 0 radical (unpaired) electrons. The molecule has 2 N–H and O–H groups in total. The van der Waals surface area contributed by atoms with E-state index < -0.39 is 0 Å². The van der Waals surface area contributed by atoms with Crippen molar-refractivity contribution in [1.82, 2.24) is 10.2 Å². The molecular weight excluding hydrogens is 390 g/mol. The van der Waals surface area contributed by atoms with E-state index in [9.17, 15) is 9.59 Å². The van der Waals surface area contributed by atoms with E-state index >= 15 is 0 Å². The minimum atomic E-state index is -0.296. The van der Waals surface area contributed by atoms with Crippen molar-refractivity contribution in [2.24, 2.45) is 0 Å². The summed E-state index contributed by atoms with van der Waals surface area (Å²) in [6.45, 7) is -0.146. The lowest BCUT2D eigenvalue weighted by molar-refractivity contribution is -0.118. The van der Waals surface area contributed by atoms with E-state index in [4.69, 9.17) is 16.3 Å². The van der Waals surface area contributed by atoms with Crippen LogP contribution in [0.2, 0.25) is 5.02 Å². The molecule has 0 aliphatic carbocycles. The minimum Gasteiger partial charge on any atom is -0.483 e. The van der Waals surface area contributed by atoms with Crippen molar-refractivity contribution >= 4 is 34.0 Å². The van der Waals surface area contributed by atoms with Gasteiger partial charge in [-0.15, -0.1) is 0 Å². The number of rotatable bonds is 5. The number of ether oxygens (including phenoxy) is 1. The van der Waals surface area contributed by atoms with Crippen molar-refractivity contribution < 1.29 is 9.53 Å². The molecule has 6 nitrogen and oxygen atoms in total. The van der Waals surface area contributed by atoms with E-state index in [1.165, 1.54) is 6.07 Å². The fourth-order valence-corrected chi connectivity index (χ4v) is 3.19. The molecule has 0 bridgehead atoms. The zero-order valence-electron chi connectivity index (χ0n) is 15.2. The number of aromatic nitrogens is 2. The molecule has 0 saturated carbocycles. The van der Waals surface area contributed by atoms with E-state index in [0.717, 1.165) is 16.3 Å². The summed E-state index contributed by atoms with van der Waals surface area (Å²) < 4.78 is 5.71. The largest absolute Gasteiger partial charge is 0.483 e. The van der Waals surface area contributed by atoms with Gasteiger partial charge in [0.25, 0.3) is 11.5 Å². The maximum Gasteiger partial charge on any atom is 0.264 e. The summed E-state index contributed by atoms with van der Waals surface area (Å²) in [4.78, 5) is 23.5. The number of amides is 1. The quantitative estimate of drug-likeness (QED) is 0.519. The standard InChI is InChI=1S/C22H16ClN3O3/c23-18-8-10-20(17-7-2-1-6-16(17)18)29-13-22(28)24-15-5-3-4-14(12-15)19-9-11-21(27)26-25-19/h1-12H,13H2,(H,24,28)(H,26,27). The first-order chi connectivity index (χ1) is 14.1. The highest BCUT2D eigenvalue weighted by Crippen LogP contribution is 2.31. The molecule has 0 aliphatic heterocycles. The normalized spacial score (nSPS) is 10.7. The minimum absolute atomic E-state index is 0.146. The highest BCUT2D eigenvalue weighted by Gasteiger charge is 2.09. The van der Waals surface area contributed by atoms with Crippen LogP contribution in [0.3, 0.4) is 0 Å². The predicted molar refractivity (Wildman–Crippen MR) is 113 cm³/mol. The Labute approximate surface area is 171 Å². The molecule has 1 amide bonds. The van der Waals surface area contributed by atoms with Gasteiger partial charge in [-0.25, -0.2) is 5.10 Å². The monoisotopic (exact) mass is 405 g/mol. The summed E-state index contributed by atoms with van der Waals surface area (Å²) in [7, 11) is 0. The maximum atomic E-state index is 12.4. The van der Waals surface area contributed by atoms with Gasteiger partial charge in [0, 0.05) is 33.1 Å². The molecule has 7 heteroatoms. The van der Waals surface area contributed by atoms with Crippen LogP contribution in [-0.4, -0.2) is 22.7 Å². The first-order valence-corrected chi connectivity index (χ1v) is 9.24. The molecule has 1 aromatic heterocycles. The van der Waals surface area contributed by atoms with Gasteiger partial charge in [-0.1, -0.05) is 48.0 Å². The summed E-state index contributed by atoms with van der Waals surface area (Å²) in [5.41, 5.74) is 1.70.